The highest BCUT2D eigenvalue weighted by atomic mass is 32.1. The quantitative estimate of drug-likeness (QED) is 0.177. The topological polar surface area (TPSA) is 111 Å². The summed E-state index contributed by atoms with van der Waals surface area (Å²) in [5.74, 6) is -3.04. The van der Waals surface area contributed by atoms with Crippen LogP contribution in [-0.2, 0) is 25.6 Å². The maximum Gasteiger partial charge on any atom is 0.337 e. The number of likely N-dealkylation sites (N-methyl/N-ethyl adjacent to an activating group) is 1. The van der Waals surface area contributed by atoms with Crippen LogP contribution in [0.5, 0.6) is 0 Å². The number of aliphatic imine (C=N–C) groups is 1. The average molecular weight is 562 g/mol. The lowest BCUT2D eigenvalue weighted by molar-refractivity contribution is -0.384. The molecule has 0 fully saturated rings. The number of nitrogens with zero attached hydrogens (tertiary/aromatic N) is 3. The third-order valence-corrected chi connectivity index (χ3v) is 7.58. The lowest BCUT2D eigenvalue weighted by atomic mass is 9.75. The zero-order chi connectivity index (χ0) is 28.8. The van der Waals surface area contributed by atoms with Crippen molar-refractivity contribution in [2.75, 3.05) is 20.7 Å². The van der Waals surface area contributed by atoms with E-state index in [-0.39, 0.29) is 11.3 Å². The van der Waals surface area contributed by atoms with E-state index in [0.717, 1.165) is 11.1 Å². The first-order valence-corrected chi connectivity index (χ1v) is 13.7. The molecule has 0 bridgehead atoms. The molecule has 3 unspecified atom stereocenters. The molecular formula is C30H31N3O6S. The summed E-state index contributed by atoms with van der Waals surface area (Å²) in [6.07, 6.45) is -0.595. The van der Waals surface area contributed by atoms with E-state index in [2.05, 4.69) is 9.89 Å². The molecule has 1 aromatic heterocycles. The summed E-state index contributed by atoms with van der Waals surface area (Å²) in [5, 5.41) is 15.4. The van der Waals surface area contributed by atoms with E-state index in [1.807, 2.05) is 54.2 Å². The van der Waals surface area contributed by atoms with Crippen molar-refractivity contribution >= 4 is 34.7 Å². The second-order valence-corrected chi connectivity index (χ2v) is 10.5. The smallest absolute Gasteiger partial charge is 0.337 e. The summed E-state index contributed by atoms with van der Waals surface area (Å²) >= 11 is 1.50. The first-order valence-electron chi connectivity index (χ1n) is 12.7. The Hall–Kier alpha value is -4.15. The van der Waals surface area contributed by atoms with Gasteiger partial charge in [0, 0.05) is 48.1 Å². The summed E-state index contributed by atoms with van der Waals surface area (Å²) in [5.41, 5.74) is 3.28. The van der Waals surface area contributed by atoms with Crippen LogP contribution in [-0.4, -0.2) is 48.2 Å². The molecule has 1 aliphatic rings. The minimum absolute atomic E-state index is 0.148. The van der Waals surface area contributed by atoms with E-state index in [1.54, 1.807) is 19.9 Å². The third-order valence-electron chi connectivity index (χ3n) is 6.88. The van der Waals surface area contributed by atoms with E-state index in [1.165, 1.54) is 36.6 Å². The standard InChI is InChI=1S/C30H31N3O6S/c1-19-26(29(34)38-4)28(22-11-8-12-24(15-22)33(36)37)27(20(2)31-19)30(35)39-25(23-13-14-40-18-23)17-32(3)16-21-9-6-5-7-10-21/h5-15,18,25-26,28H,16-17H2,1-4H3. The molecule has 3 aromatic rings. The number of allylic oxidation sites excluding steroid dienone is 1. The van der Waals surface area contributed by atoms with Gasteiger partial charge in [0.15, 0.2) is 0 Å². The van der Waals surface area contributed by atoms with Crippen molar-refractivity contribution < 1.29 is 24.0 Å². The molecule has 0 radical (unpaired) electrons. The fourth-order valence-corrected chi connectivity index (χ4v) is 5.73. The number of hydrogen-bond donors (Lipinski definition) is 0. The van der Waals surface area contributed by atoms with E-state index in [0.29, 0.717) is 30.1 Å². The molecule has 0 aliphatic carbocycles. The van der Waals surface area contributed by atoms with Crippen molar-refractivity contribution in [1.29, 1.82) is 0 Å². The van der Waals surface area contributed by atoms with Crippen molar-refractivity contribution in [1.82, 2.24) is 4.90 Å². The van der Waals surface area contributed by atoms with Crippen molar-refractivity contribution in [2.24, 2.45) is 10.9 Å². The van der Waals surface area contributed by atoms with E-state index >= 15 is 0 Å². The second kappa shape index (κ2) is 12.8. The lowest BCUT2D eigenvalue weighted by Crippen LogP contribution is -2.37. The zero-order valence-electron chi connectivity index (χ0n) is 22.8. The third kappa shape index (κ3) is 6.52. The Bertz CT molecular complexity index is 1430. The molecule has 0 amide bonds. The van der Waals surface area contributed by atoms with Crippen molar-refractivity contribution in [3.8, 4) is 0 Å². The van der Waals surface area contributed by atoms with Crippen LogP contribution in [0.1, 0.15) is 42.6 Å². The van der Waals surface area contributed by atoms with Gasteiger partial charge in [-0.2, -0.15) is 11.3 Å². The van der Waals surface area contributed by atoms with Crippen molar-refractivity contribution in [3.63, 3.8) is 0 Å². The Kier molecular flexibility index (Phi) is 9.23. The van der Waals surface area contributed by atoms with Crippen LogP contribution in [0.2, 0.25) is 0 Å². The van der Waals surface area contributed by atoms with Crippen molar-refractivity contribution in [2.45, 2.75) is 32.4 Å². The van der Waals surface area contributed by atoms with Gasteiger partial charge < -0.3 is 9.47 Å². The van der Waals surface area contributed by atoms with Crippen LogP contribution in [0.4, 0.5) is 5.69 Å². The summed E-state index contributed by atoms with van der Waals surface area (Å²) in [4.78, 5) is 44.6. The molecule has 0 saturated carbocycles. The number of ether oxygens (including phenoxy) is 2. The number of esters is 2. The molecule has 0 spiro atoms. The normalized spacial score (nSPS) is 17.8. The predicted molar refractivity (Wildman–Crippen MR) is 153 cm³/mol. The van der Waals surface area contributed by atoms with Gasteiger partial charge in [0.2, 0.25) is 0 Å². The summed E-state index contributed by atoms with van der Waals surface area (Å²) in [6.45, 7) is 4.45. The Morgan fingerprint density at radius 2 is 1.88 bits per heavy atom. The molecular weight excluding hydrogens is 530 g/mol. The Labute approximate surface area is 236 Å². The average Bonchev–Trinajstić information content (AvgIpc) is 3.47. The number of non-ortho nitro benzene ring substituents is 1. The van der Waals surface area contributed by atoms with E-state index < -0.39 is 34.8 Å². The highest BCUT2D eigenvalue weighted by molar-refractivity contribution is 7.08. The number of benzene rings is 2. The zero-order valence-corrected chi connectivity index (χ0v) is 23.6. The number of nitro groups is 1. The van der Waals surface area contributed by atoms with Gasteiger partial charge in [-0.15, -0.1) is 0 Å². The molecule has 3 atom stereocenters. The van der Waals surface area contributed by atoms with Crippen LogP contribution in [0.15, 0.2) is 87.7 Å². The molecule has 0 saturated heterocycles. The van der Waals surface area contributed by atoms with Crippen LogP contribution in [0, 0.1) is 16.0 Å². The number of carbonyl (C=O) groups excluding carboxylic acids is 2. The molecule has 0 N–H and O–H groups in total. The predicted octanol–water partition coefficient (Wildman–Crippen LogP) is 5.69. The monoisotopic (exact) mass is 561 g/mol. The van der Waals surface area contributed by atoms with Crippen molar-refractivity contribution in [3.05, 3.63) is 109 Å². The highest BCUT2D eigenvalue weighted by Gasteiger charge is 2.43. The fourth-order valence-electron chi connectivity index (χ4n) is 5.03. The molecule has 2 heterocycles. The van der Waals surface area contributed by atoms with Crippen LogP contribution < -0.4 is 0 Å². The number of carbonyl (C=O) groups is 2. The lowest BCUT2D eigenvalue weighted by Gasteiger charge is -2.32. The molecule has 2 aromatic carbocycles. The number of methoxy groups -OCH3 is 1. The minimum Gasteiger partial charge on any atom is -0.468 e. The maximum absolute atomic E-state index is 14.0. The van der Waals surface area contributed by atoms with Gasteiger partial charge in [0.1, 0.15) is 12.0 Å². The Balaban J connectivity index is 1.69. The van der Waals surface area contributed by atoms with Crippen LogP contribution >= 0.6 is 11.3 Å². The number of rotatable bonds is 10. The van der Waals surface area contributed by atoms with Gasteiger partial charge in [0.05, 0.1) is 17.6 Å². The van der Waals surface area contributed by atoms with Crippen LogP contribution in [0.25, 0.3) is 0 Å². The van der Waals surface area contributed by atoms with Gasteiger partial charge in [-0.05, 0) is 48.8 Å². The van der Waals surface area contributed by atoms with Gasteiger partial charge in [-0.3, -0.25) is 24.8 Å². The first-order chi connectivity index (χ1) is 19.2. The van der Waals surface area contributed by atoms with Gasteiger partial charge in [0.25, 0.3) is 5.69 Å². The number of hydrogen-bond acceptors (Lipinski definition) is 9. The Morgan fingerprint density at radius 3 is 2.52 bits per heavy atom. The molecule has 208 valence electrons. The van der Waals surface area contributed by atoms with E-state index in [9.17, 15) is 19.7 Å². The van der Waals surface area contributed by atoms with Gasteiger partial charge >= 0.3 is 11.9 Å². The van der Waals surface area contributed by atoms with Gasteiger partial charge in [-0.1, -0.05) is 42.5 Å². The molecule has 40 heavy (non-hydrogen) atoms. The molecule has 1 aliphatic heterocycles. The number of thiophene rings is 1. The molecule has 10 heteroatoms. The largest absolute Gasteiger partial charge is 0.468 e. The Morgan fingerprint density at radius 1 is 1.12 bits per heavy atom. The summed E-state index contributed by atoms with van der Waals surface area (Å²) in [6, 6.07) is 17.9. The highest BCUT2D eigenvalue weighted by Crippen LogP contribution is 2.41. The molecule has 4 rings (SSSR count). The second-order valence-electron chi connectivity index (χ2n) is 9.72. The molecule has 9 nitrogen and oxygen atoms in total. The number of nitro benzene ring substituents is 1. The van der Waals surface area contributed by atoms with E-state index in [4.69, 9.17) is 9.47 Å². The maximum atomic E-state index is 14.0. The van der Waals surface area contributed by atoms with Crippen LogP contribution in [0.3, 0.4) is 0 Å². The SMILES string of the molecule is COC(=O)C1C(C)=NC(C)=C(C(=O)OC(CN(C)Cc2ccccc2)c2ccsc2)C1c1cccc([N+](=O)[O-])c1. The van der Waals surface area contributed by atoms with Gasteiger partial charge in [-0.25, -0.2) is 4.79 Å². The minimum atomic E-state index is -0.946. The fraction of sp³-hybridized carbons (Fsp3) is 0.300. The first kappa shape index (κ1) is 28.8. The summed E-state index contributed by atoms with van der Waals surface area (Å²) < 4.78 is 11.2. The summed E-state index contributed by atoms with van der Waals surface area (Å²) in [7, 11) is 3.22.